The average molecular weight is 325 g/mol. The largest absolute Gasteiger partial charge is 0.481 e. The number of aromatic nitrogens is 2. The van der Waals surface area contributed by atoms with Gasteiger partial charge in [0.2, 0.25) is 5.91 Å². The Morgan fingerprint density at radius 3 is 2.67 bits per heavy atom. The molecule has 0 aliphatic carbocycles. The van der Waals surface area contributed by atoms with Crippen molar-refractivity contribution in [2.75, 3.05) is 13.1 Å². The molecule has 0 radical (unpaired) electrons. The van der Waals surface area contributed by atoms with Crippen molar-refractivity contribution in [1.82, 2.24) is 14.9 Å². The molecule has 1 fully saturated rings. The van der Waals surface area contributed by atoms with Gasteiger partial charge in [-0.2, -0.15) is 0 Å². The van der Waals surface area contributed by atoms with E-state index in [1.165, 1.54) is 0 Å². The highest BCUT2D eigenvalue weighted by Gasteiger charge is 2.47. The maximum absolute atomic E-state index is 12.4. The standard InChI is InChI=1S/C18H19N3O3/c22-16(7-6-15-12-19-9-10-20-15)21-11-8-18(13-21,17(23)24)14-4-2-1-3-5-14/h1-5,9-10,12H,6-8,11,13H2,(H,23,24)/t18-/m0/s1. The molecule has 6 nitrogen and oxygen atoms in total. The molecule has 1 amide bonds. The molecule has 1 aromatic carbocycles. The van der Waals surface area contributed by atoms with Crippen molar-refractivity contribution in [2.45, 2.75) is 24.7 Å². The van der Waals surface area contributed by atoms with E-state index in [1.807, 2.05) is 30.3 Å². The molecule has 1 aliphatic heterocycles. The first-order valence-corrected chi connectivity index (χ1v) is 7.93. The third-order valence-electron chi connectivity index (χ3n) is 4.57. The molecule has 1 N–H and O–H groups in total. The third kappa shape index (κ3) is 3.13. The van der Waals surface area contributed by atoms with Gasteiger partial charge in [0.15, 0.2) is 0 Å². The van der Waals surface area contributed by atoms with Gasteiger partial charge >= 0.3 is 5.97 Å². The van der Waals surface area contributed by atoms with Gasteiger partial charge in [-0.3, -0.25) is 19.6 Å². The van der Waals surface area contributed by atoms with Crippen LogP contribution in [0.1, 0.15) is 24.1 Å². The Balaban J connectivity index is 1.69. The average Bonchev–Trinajstić information content (AvgIpc) is 3.08. The summed E-state index contributed by atoms with van der Waals surface area (Å²) in [5, 5.41) is 9.77. The van der Waals surface area contributed by atoms with Gasteiger partial charge in [0, 0.05) is 38.1 Å². The minimum Gasteiger partial charge on any atom is -0.481 e. The maximum atomic E-state index is 12.4. The summed E-state index contributed by atoms with van der Waals surface area (Å²) in [6.07, 6.45) is 6.08. The number of carbonyl (C=O) groups excluding carboxylic acids is 1. The van der Waals surface area contributed by atoms with E-state index in [0.29, 0.717) is 25.8 Å². The first kappa shape index (κ1) is 16.1. The third-order valence-corrected chi connectivity index (χ3v) is 4.57. The topological polar surface area (TPSA) is 83.4 Å². The summed E-state index contributed by atoms with van der Waals surface area (Å²) in [5.74, 6) is -0.919. The highest BCUT2D eigenvalue weighted by Crippen LogP contribution is 2.35. The van der Waals surface area contributed by atoms with Gasteiger partial charge in [-0.1, -0.05) is 30.3 Å². The lowest BCUT2D eigenvalue weighted by atomic mass is 9.80. The van der Waals surface area contributed by atoms with E-state index < -0.39 is 11.4 Å². The van der Waals surface area contributed by atoms with Crippen LogP contribution in [0.15, 0.2) is 48.9 Å². The van der Waals surface area contributed by atoms with Crippen molar-refractivity contribution in [3.8, 4) is 0 Å². The number of aliphatic carboxylic acids is 1. The number of carbonyl (C=O) groups is 2. The second-order valence-electron chi connectivity index (χ2n) is 6.02. The van der Waals surface area contributed by atoms with Crippen LogP contribution >= 0.6 is 0 Å². The zero-order valence-electron chi connectivity index (χ0n) is 13.3. The Bertz CT molecular complexity index is 721. The number of nitrogens with zero attached hydrogens (tertiary/aromatic N) is 3. The van der Waals surface area contributed by atoms with E-state index in [0.717, 1.165) is 11.3 Å². The lowest BCUT2D eigenvalue weighted by Gasteiger charge is -2.25. The maximum Gasteiger partial charge on any atom is 0.316 e. The van der Waals surface area contributed by atoms with Crippen LogP contribution < -0.4 is 0 Å². The molecule has 1 aliphatic rings. The summed E-state index contributed by atoms with van der Waals surface area (Å²) >= 11 is 0. The molecule has 6 heteroatoms. The Kier molecular flexibility index (Phi) is 4.55. The minimum atomic E-state index is -1.01. The van der Waals surface area contributed by atoms with Gasteiger partial charge in [-0.05, 0) is 18.4 Å². The predicted molar refractivity (Wildman–Crippen MR) is 87.3 cm³/mol. The molecule has 1 aromatic heterocycles. The molecular weight excluding hydrogens is 306 g/mol. The van der Waals surface area contributed by atoms with E-state index >= 15 is 0 Å². The molecule has 0 bridgehead atoms. The highest BCUT2D eigenvalue weighted by molar-refractivity contribution is 5.85. The Morgan fingerprint density at radius 1 is 1.21 bits per heavy atom. The van der Waals surface area contributed by atoms with Crippen LogP contribution in [0.25, 0.3) is 0 Å². The number of amides is 1. The smallest absolute Gasteiger partial charge is 0.316 e. The van der Waals surface area contributed by atoms with Crippen LogP contribution in [0.5, 0.6) is 0 Å². The van der Waals surface area contributed by atoms with Crippen molar-refractivity contribution in [1.29, 1.82) is 0 Å². The zero-order valence-corrected chi connectivity index (χ0v) is 13.3. The summed E-state index contributed by atoms with van der Waals surface area (Å²) in [7, 11) is 0. The molecule has 1 saturated heterocycles. The number of hydrogen-bond donors (Lipinski definition) is 1. The molecule has 2 heterocycles. The fourth-order valence-electron chi connectivity index (χ4n) is 3.17. The summed E-state index contributed by atoms with van der Waals surface area (Å²) in [4.78, 5) is 34.1. The highest BCUT2D eigenvalue weighted by atomic mass is 16.4. The first-order valence-electron chi connectivity index (χ1n) is 7.93. The number of likely N-dealkylation sites (tertiary alicyclic amines) is 1. The molecule has 124 valence electrons. The van der Waals surface area contributed by atoms with Gasteiger partial charge in [-0.25, -0.2) is 0 Å². The Labute approximate surface area is 140 Å². The molecular formula is C18H19N3O3. The van der Waals surface area contributed by atoms with E-state index in [-0.39, 0.29) is 12.5 Å². The lowest BCUT2D eigenvalue weighted by Crippen LogP contribution is -2.40. The van der Waals surface area contributed by atoms with Crippen molar-refractivity contribution in [3.63, 3.8) is 0 Å². The van der Waals surface area contributed by atoms with Crippen LogP contribution in [0.3, 0.4) is 0 Å². The van der Waals surface area contributed by atoms with Gasteiger partial charge in [-0.15, -0.1) is 0 Å². The Morgan fingerprint density at radius 2 is 2.00 bits per heavy atom. The molecule has 1 atom stereocenters. The van der Waals surface area contributed by atoms with E-state index in [4.69, 9.17) is 0 Å². The fraction of sp³-hybridized carbons (Fsp3) is 0.333. The SMILES string of the molecule is O=C(CCc1cnccn1)N1CC[C@@](C(=O)O)(c2ccccc2)C1. The number of aryl methyl sites for hydroxylation is 1. The number of carboxylic acids is 1. The van der Waals surface area contributed by atoms with Crippen LogP contribution in [0.4, 0.5) is 0 Å². The summed E-state index contributed by atoms with van der Waals surface area (Å²) in [6, 6.07) is 9.16. The first-order chi connectivity index (χ1) is 11.6. The quantitative estimate of drug-likeness (QED) is 0.904. The predicted octanol–water partition coefficient (Wildman–Crippen LogP) is 1.66. The molecule has 2 aromatic rings. The second kappa shape index (κ2) is 6.78. The molecule has 24 heavy (non-hydrogen) atoms. The van der Waals surface area contributed by atoms with Gasteiger partial charge in [0.05, 0.1) is 5.69 Å². The minimum absolute atomic E-state index is 0.0419. The van der Waals surface area contributed by atoms with E-state index in [9.17, 15) is 14.7 Å². The number of carboxylic acid groups (broad SMARTS) is 1. The zero-order chi connectivity index (χ0) is 17.0. The van der Waals surface area contributed by atoms with Gasteiger partial charge in [0.25, 0.3) is 0 Å². The van der Waals surface area contributed by atoms with Crippen LogP contribution in [-0.2, 0) is 21.4 Å². The lowest BCUT2D eigenvalue weighted by molar-refractivity contribution is -0.143. The number of rotatable bonds is 5. The van der Waals surface area contributed by atoms with Crippen molar-refractivity contribution >= 4 is 11.9 Å². The van der Waals surface area contributed by atoms with Gasteiger partial charge in [0.1, 0.15) is 5.41 Å². The van der Waals surface area contributed by atoms with Crippen LogP contribution in [-0.4, -0.2) is 44.9 Å². The summed E-state index contributed by atoms with van der Waals surface area (Å²) in [5.41, 5.74) is 0.503. The molecule has 0 spiro atoms. The monoisotopic (exact) mass is 325 g/mol. The van der Waals surface area contributed by atoms with Crippen LogP contribution in [0.2, 0.25) is 0 Å². The number of benzene rings is 1. The van der Waals surface area contributed by atoms with Gasteiger partial charge < -0.3 is 10.0 Å². The second-order valence-corrected chi connectivity index (χ2v) is 6.02. The van der Waals surface area contributed by atoms with Crippen molar-refractivity contribution < 1.29 is 14.7 Å². The molecule has 0 saturated carbocycles. The van der Waals surface area contributed by atoms with Crippen molar-refractivity contribution in [3.05, 3.63) is 60.2 Å². The van der Waals surface area contributed by atoms with E-state index in [1.54, 1.807) is 23.5 Å². The van der Waals surface area contributed by atoms with Crippen LogP contribution in [0, 0.1) is 0 Å². The number of hydrogen-bond acceptors (Lipinski definition) is 4. The normalized spacial score (nSPS) is 20.1. The fourth-order valence-corrected chi connectivity index (χ4v) is 3.17. The summed E-state index contributed by atoms with van der Waals surface area (Å²) < 4.78 is 0. The van der Waals surface area contributed by atoms with E-state index in [2.05, 4.69) is 9.97 Å². The molecule has 0 unspecified atom stereocenters. The summed E-state index contributed by atoms with van der Waals surface area (Å²) in [6.45, 7) is 0.673. The Hall–Kier alpha value is -2.76. The molecule has 3 rings (SSSR count). The van der Waals surface area contributed by atoms with Crippen molar-refractivity contribution in [2.24, 2.45) is 0 Å².